The molecule has 0 aliphatic carbocycles. The van der Waals surface area contributed by atoms with Gasteiger partial charge in [-0.1, -0.05) is 0 Å². The van der Waals surface area contributed by atoms with E-state index in [1.54, 1.807) is 18.3 Å². The molecule has 1 saturated heterocycles. The molecule has 3 rings (SSSR count). The van der Waals surface area contributed by atoms with Crippen molar-refractivity contribution in [1.29, 1.82) is 0 Å². The topological polar surface area (TPSA) is 103 Å². The third-order valence-corrected chi connectivity index (χ3v) is 4.54. The van der Waals surface area contributed by atoms with Crippen molar-refractivity contribution < 1.29 is 24.2 Å². The first-order chi connectivity index (χ1) is 13.0. The van der Waals surface area contributed by atoms with E-state index in [1.807, 2.05) is 17.7 Å². The van der Waals surface area contributed by atoms with Gasteiger partial charge in [-0.05, 0) is 37.6 Å². The Hall–Kier alpha value is -2.87. The summed E-state index contributed by atoms with van der Waals surface area (Å²) in [5.74, 6) is 0.384. The Balaban J connectivity index is 1.55. The number of rotatable bonds is 7. The average molecular weight is 373 g/mol. The fourth-order valence-electron chi connectivity index (χ4n) is 2.98. The number of carboxylic acid groups (broad SMARTS) is 1. The molecule has 2 atom stereocenters. The molecule has 1 aromatic carbocycles. The summed E-state index contributed by atoms with van der Waals surface area (Å²) in [5.41, 5.74) is 0.196. The van der Waals surface area contributed by atoms with E-state index >= 15 is 0 Å². The standard InChI is InChI=1S/C19H23N3O5/c1-13-20-8-10-22(13)9-6-18(23)21-16-7-11-26-12-17(16)27-15-4-2-14(3-5-15)19(24)25/h2-5,8,10,16-17H,6-7,9,11-12H2,1H3,(H,21,23)(H,24,25)/t16-,17-/m1/s1. The Kier molecular flexibility index (Phi) is 6.08. The first-order valence-electron chi connectivity index (χ1n) is 8.88. The quantitative estimate of drug-likeness (QED) is 0.765. The number of amides is 1. The molecule has 0 spiro atoms. The Morgan fingerprint density at radius 2 is 2.15 bits per heavy atom. The summed E-state index contributed by atoms with van der Waals surface area (Å²) in [5, 5.41) is 12.0. The number of hydrogen-bond donors (Lipinski definition) is 2. The maximum absolute atomic E-state index is 12.3. The highest BCUT2D eigenvalue weighted by molar-refractivity contribution is 5.87. The number of aromatic carboxylic acids is 1. The number of nitrogens with zero attached hydrogens (tertiary/aromatic N) is 2. The van der Waals surface area contributed by atoms with Gasteiger partial charge in [0.1, 0.15) is 17.7 Å². The molecule has 1 aromatic heterocycles. The maximum atomic E-state index is 12.3. The van der Waals surface area contributed by atoms with E-state index in [0.717, 1.165) is 5.82 Å². The van der Waals surface area contributed by atoms with Crippen molar-refractivity contribution in [3.63, 3.8) is 0 Å². The molecule has 2 aromatic rings. The lowest BCUT2D eigenvalue weighted by atomic mass is 10.1. The minimum atomic E-state index is -0.985. The second kappa shape index (κ2) is 8.68. The molecule has 0 bridgehead atoms. The van der Waals surface area contributed by atoms with Crippen LogP contribution in [-0.4, -0.2) is 51.9 Å². The van der Waals surface area contributed by atoms with Gasteiger partial charge in [-0.15, -0.1) is 0 Å². The first-order valence-corrected chi connectivity index (χ1v) is 8.88. The number of ether oxygens (including phenoxy) is 2. The molecule has 2 heterocycles. The number of carboxylic acids is 1. The predicted molar refractivity (Wildman–Crippen MR) is 96.8 cm³/mol. The molecule has 1 aliphatic rings. The van der Waals surface area contributed by atoms with Gasteiger partial charge < -0.3 is 24.5 Å². The van der Waals surface area contributed by atoms with Gasteiger partial charge in [0.15, 0.2) is 0 Å². The molecular formula is C19H23N3O5. The lowest BCUT2D eigenvalue weighted by molar-refractivity contribution is -0.124. The molecule has 1 amide bonds. The Bertz CT molecular complexity index is 787. The minimum absolute atomic E-state index is 0.0511. The molecule has 27 heavy (non-hydrogen) atoms. The lowest BCUT2D eigenvalue weighted by Crippen LogP contribution is -2.51. The number of carbonyl (C=O) groups is 2. The summed E-state index contributed by atoms with van der Waals surface area (Å²) in [4.78, 5) is 27.4. The zero-order valence-electron chi connectivity index (χ0n) is 15.1. The number of benzene rings is 1. The molecule has 0 unspecified atom stereocenters. The molecule has 0 radical (unpaired) electrons. The van der Waals surface area contributed by atoms with E-state index in [-0.39, 0.29) is 23.6 Å². The number of aromatic nitrogens is 2. The summed E-state index contributed by atoms with van der Waals surface area (Å²) >= 11 is 0. The lowest BCUT2D eigenvalue weighted by Gasteiger charge is -2.32. The SMILES string of the molecule is Cc1nccn1CCC(=O)N[C@@H]1CCOC[C@H]1Oc1ccc(C(=O)O)cc1. The van der Waals surface area contributed by atoms with Gasteiger partial charge in [-0.3, -0.25) is 4.79 Å². The predicted octanol–water partition coefficient (Wildman–Crippen LogP) is 1.63. The Labute approximate surface area is 157 Å². The van der Waals surface area contributed by atoms with Crippen molar-refractivity contribution in [1.82, 2.24) is 14.9 Å². The van der Waals surface area contributed by atoms with Gasteiger partial charge in [-0.2, -0.15) is 0 Å². The van der Waals surface area contributed by atoms with Crippen LogP contribution in [-0.2, 0) is 16.1 Å². The van der Waals surface area contributed by atoms with Crippen molar-refractivity contribution in [3.05, 3.63) is 48.0 Å². The molecule has 0 saturated carbocycles. The summed E-state index contributed by atoms with van der Waals surface area (Å²) in [6.07, 6.45) is 4.26. The van der Waals surface area contributed by atoms with Crippen LogP contribution in [0.4, 0.5) is 0 Å². The Morgan fingerprint density at radius 3 is 2.81 bits per heavy atom. The van der Waals surface area contributed by atoms with Crippen LogP contribution in [0.2, 0.25) is 0 Å². The zero-order chi connectivity index (χ0) is 19.2. The molecular weight excluding hydrogens is 350 g/mol. The van der Waals surface area contributed by atoms with E-state index in [0.29, 0.717) is 38.3 Å². The van der Waals surface area contributed by atoms with E-state index in [9.17, 15) is 9.59 Å². The zero-order valence-corrected chi connectivity index (χ0v) is 15.1. The fourth-order valence-corrected chi connectivity index (χ4v) is 2.98. The third kappa shape index (κ3) is 5.07. The molecule has 8 heteroatoms. The summed E-state index contributed by atoms with van der Waals surface area (Å²) < 4.78 is 13.3. The van der Waals surface area contributed by atoms with Crippen molar-refractivity contribution in [3.8, 4) is 5.75 Å². The van der Waals surface area contributed by atoms with Gasteiger partial charge in [0.05, 0.1) is 18.2 Å². The highest BCUT2D eigenvalue weighted by Crippen LogP contribution is 2.19. The normalized spacial score (nSPS) is 19.4. The van der Waals surface area contributed by atoms with Crippen LogP contribution in [0.1, 0.15) is 29.0 Å². The van der Waals surface area contributed by atoms with Gasteiger partial charge in [0.2, 0.25) is 5.91 Å². The van der Waals surface area contributed by atoms with Crippen LogP contribution in [0.15, 0.2) is 36.7 Å². The van der Waals surface area contributed by atoms with Gasteiger partial charge in [0.25, 0.3) is 0 Å². The molecule has 1 fully saturated rings. The van der Waals surface area contributed by atoms with Crippen LogP contribution in [0, 0.1) is 6.92 Å². The minimum Gasteiger partial charge on any atom is -0.486 e. The van der Waals surface area contributed by atoms with E-state index in [4.69, 9.17) is 14.6 Å². The first kappa shape index (κ1) is 18.9. The number of nitrogens with one attached hydrogen (secondary N) is 1. The van der Waals surface area contributed by atoms with Crippen molar-refractivity contribution in [2.75, 3.05) is 13.2 Å². The second-order valence-electron chi connectivity index (χ2n) is 6.44. The number of imidazole rings is 1. The summed E-state index contributed by atoms with van der Waals surface area (Å²) in [6, 6.07) is 6.04. The Morgan fingerprint density at radius 1 is 1.37 bits per heavy atom. The van der Waals surface area contributed by atoms with Crippen LogP contribution < -0.4 is 10.1 Å². The molecule has 8 nitrogen and oxygen atoms in total. The third-order valence-electron chi connectivity index (χ3n) is 4.54. The number of carbonyl (C=O) groups excluding carboxylic acids is 1. The van der Waals surface area contributed by atoms with Crippen LogP contribution in [0.3, 0.4) is 0 Å². The second-order valence-corrected chi connectivity index (χ2v) is 6.44. The highest BCUT2D eigenvalue weighted by atomic mass is 16.5. The largest absolute Gasteiger partial charge is 0.486 e. The van der Waals surface area contributed by atoms with Gasteiger partial charge in [-0.25, -0.2) is 9.78 Å². The van der Waals surface area contributed by atoms with Crippen LogP contribution in [0.5, 0.6) is 5.75 Å². The molecule has 1 aliphatic heterocycles. The van der Waals surface area contributed by atoms with Crippen molar-refractivity contribution in [2.45, 2.75) is 38.5 Å². The molecule has 144 valence electrons. The van der Waals surface area contributed by atoms with Crippen LogP contribution in [0.25, 0.3) is 0 Å². The fraction of sp³-hybridized carbons (Fsp3) is 0.421. The summed E-state index contributed by atoms with van der Waals surface area (Å²) in [6.45, 7) is 3.40. The van der Waals surface area contributed by atoms with E-state index in [2.05, 4.69) is 10.3 Å². The van der Waals surface area contributed by atoms with E-state index < -0.39 is 5.97 Å². The smallest absolute Gasteiger partial charge is 0.335 e. The molecule has 2 N–H and O–H groups in total. The monoisotopic (exact) mass is 373 g/mol. The highest BCUT2D eigenvalue weighted by Gasteiger charge is 2.29. The van der Waals surface area contributed by atoms with Gasteiger partial charge in [0, 0.05) is 32.0 Å². The average Bonchev–Trinajstić information content (AvgIpc) is 3.07. The van der Waals surface area contributed by atoms with E-state index in [1.165, 1.54) is 12.1 Å². The van der Waals surface area contributed by atoms with Crippen molar-refractivity contribution in [2.24, 2.45) is 0 Å². The van der Waals surface area contributed by atoms with Crippen molar-refractivity contribution >= 4 is 11.9 Å². The maximum Gasteiger partial charge on any atom is 0.335 e. The summed E-state index contributed by atoms with van der Waals surface area (Å²) in [7, 11) is 0. The van der Waals surface area contributed by atoms with Gasteiger partial charge >= 0.3 is 5.97 Å². The van der Waals surface area contributed by atoms with Crippen LogP contribution >= 0.6 is 0 Å². The number of aryl methyl sites for hydroxylation is 2. The number of hydrogen-bond acceptors (Lipinski definition) is 5.